The van der Waals surface area contributed by atoms with Crippen LogP contribution < -0.4 is 0 Å². The second kappa shape index (κ2) is 5.68. The molecule has 4 nitrogen and oxygen atoms in total. The van der Waals surface area contributed by atoms with Crippen molar-refractivity contribution in [2.45, 2.75) is 0 Å². The van der Waals surface area contributed by atoms with E-state index < -0.39 is 0 Å². The number of carbonyl (C=O) groups excluding carboxylic acids is 1. The molecule has 0 fully saturated rings. The second-order valence-corrected chi connectivity index (χ2v) is 5.15. The van der Waals surface area contributed by atoms with Crippen LogP contribution in [0.15, 0.2) is 54.7 Å². The highest BCUT2D eigenvalue weighted by molar-refractivity contribution is 6.36. The summed E-state index contributed by atoms with van der Waals surface area (Å²) in [6.45, 7) is 0. The number of para-hydroxylation sites is 1. The summed E-state index contributed by atoms with van der Waals surface area (Å²) in [7, 11) is 0. The van der Waals surface area contributed by atoms with Crippen molar-refractivity contribution in [1.29, 1.82) is 0 Å². The zero-order valence-electron chi connectivity index (χ0n) is 10.7. The Hall–Kier alpha value is -2.17. The smallest absolute Gasteiger partial charge is 0.216 e. The molecule has 0 aliphatic rings. The lowest BCUT2D eigenvalue weighted by Crippen LogP contribution is -2.05. The first-order valence-corrected chi connectivity index (χ1v) is 6.88. The molecule has 0 unspecified atom stereocenters. The molecule has 0 saturated carbocycles. The van der Waals surface area contributed by atoms with Crippen molar-refractivity contribution in [3.8, 4) is 5.69 Å². The highest BCUT2D eigenvalue weighted by Gasteiger charge is 2.17. The lowest BCUT2D eigenvalue weighted by molar-refractivity contribution is 0.103. The first kappa shape index (κ1) is 13.8. The number of nitrogens with zero attached hydrogens (tertiary/aromatic N) is 3. The van der Waals surface area contributed by atoms with Gasteiger partial charge in [-0.25, -0.2) is 0 Å². The minimum absolute atomic E-state index is 0.211. The van der Waals surface area contributed by atoms with Crippen molar-refractivity contribution >= 4 is 29.0 Å². The first-order valence-electron chi connectivity index (χ1n) is 6.12. The van der Waals surface area contributed by atoms with Gasteiger partial charge in [0.15, 0.2) is 5.69 Å². The van der Waals surface area contributed by atoms with E-state index in [9.17, 15) is 4.79 Å². The van der Waals surface area contributed by atoms with Gasteiger partial charge >= 0.3 is 0 Å². The van der Waals surface area contributed by atoms with E-state index in [1.165, 1.54) is 17.1 Å². The van der Waals surface area contributed by atoms with Gasteiger partial charge in [0, 0.05) is 10.6 Å². The molecule has 0 radical (unpaired) electrons. The molecule has 2 aromatic carbocycles. The number of halogens is 2. The Labute approximate surface area is 130 Å². The van der Waals surface area contributed by atoms with Crippen molar-refractivity contribution in [3.63, 3.8) is 0 Å². The van der Waals surface area contributed by atoms with Crippen LogP contribution in [0.5, 0.6) is 0 Å². The molecular weight excluding hydrogens is 309 g/mol. The molecule has 0 amide bonds. The third-order valence-electron chi connectivity index (χ3n) is 2.88. The van der Waals surface area contributed by atoms with Crippen molar-refractivity contribution in [1.82, 2.24) is 15.0 Å². The predicted molar refractivity (Wildman–Crippen MR) is 81.3 cm³/mol. The zero-order valence-corrected chi connectivity index (χ0v) is 12.2. The molecule has 1 heterocycles. The molecule has 0 aliphatic carbocycles. The summed E-state index contributed by atoms with van der Waals surface area (Å²) in [6.07, 6.45) is 1.41. The van der Waals surface area contributed by atoms with Crippen molar-refractivity contribution in [2.24, 2.45) is 0 Å². The Morgan fingerprint density at radius 3 is 2.57 bits per heavy atom. The van der Waals surface area contributed by atoms with Crippen LogP contribution in [-0.4, -0.2) is 20.8 Å². The summed E-state index contributed by atoms with van der Waals surface area (Å²) in [5, 5.41) is 9.05. The van der Waals surface area contributed by atoms with Gasteiger partial charge in [-0.3, -0.25) is 4.79 Å². The van der Waals surface area contributed by atoms with Crippen LogP contribution in [0.3, 0.4) is 0 Å². The topological polar surface area (TPSA) is 47.8 Å². The third kappa shape index (κ3) is 2.82. The fourth-order valence-electron chi connectivity index (χ4n) is 1.86. The van der Waals surface area contributed by atoms with Crippen molar-refractivity contribution in [3.05, 3.63) is 76.0 Å². The number of hydrogen-bond donors (Lipinski definition) is 0. The molecule has 0 saturated heterocycles. The van der Waals surface area contributed by atoms with Gasteiger partial charge in [-0.05, 0) is 30.3 Å². The number of aromatic nitrogens is 3. The maximum absolute atomic E-state index is 12.4. The third-order valence-corrected chi connectivity index (χ3v) is 3.45. The lowest BCUT2D eigenvalue weighted by atomic mass is 10.1. The molecular formula is C15H9Cl2N3O. The minimum Gasteiger partial charge on any atom is -0.287 e. The number of carbonyl (C=O) groups is 1. The van der Waals surface area contributed by atoms with E-state index in [1.807, 2.05) is 30.3 Å². The number of hydrogen-bond acceptors (Lipinski definition) is 3. The zero-order chi connectivity index (χ0) is 14.8. The summed E-state index contributed by atoms with van der Waals surface area (Å²) in [6, 6.07) is 14.1. The average Bonchev–Trinajstić information content (AvgIpc) is 3.00. The van der Waals surface area contributed by atoms with Crippen LogP contribution in [0.4, 0.5) is 0 Å². The summed E-state index contributed by atoms with van der Waals surface area (Å²) < 4.78 is 0. The van der Waals surface area contributed by atoms with Gasteiger partial charge < -0.3 is 0 Å². The Bertz CT molecular complexity index is 800. The van der Waals surface area contributed by atoms with Gasteiger partial charge in [-0.2, -0.15) is 9.90 Å². The quantitative estimate of drug-likeness (QED) is 0.690. The van der Waals surface area contributed by atoms with E-state index in [0.717, 1.165) is 5.69 Å². The summed E-state index contributed by atoms with van der Waals surface area (Å²) in [4.78, 5) is 13.8. The molecule has 3 rings (SSSR count). The molecule has 3 aromatic rings. The lowest BCUT2D eigenvalue weighted by Gasteiger charge is -2.01. The van der Waals surface area contributed by atoms with Gasteiger partial charge in [-0.1, -0.05) is 41.4 Å². The molecule has 0 spiro atoms. The molecule has 6 heteroatoms. The van der Waals surface area contributed by atoms with Crippen LogP contribution in [0.25, 0.3) is 5.69 Å². The molecule has 0 bridgehead atoms. The van der Waals surface area contributed by atoms with Gasteiger partial charge in [0.2, 0.25) is 5.78 Å². The molecule has 104 valence electrons. The van der Waals surface area contributed by atoms with E-state index in [-0.39, 0.29) is 11.5 Å². The first-order chi connectivity index (χ1) is 10.1. The fraction of sp³-hybridized carbons (Fsp3) is 0. The average molecular weight is 318 g/mol. The van der Waals surface area contributed by atoms with Crippen molar-refractivity contribution in [2.75, 3.05) is 0 Å². The summed E-state index contributed by atoms with van der Waals surface area (Å²) in [5.74, 6) is -0.315. The second-order valence-electron chi connectivity index (χ2n) is 4.31. The Morgan fingerprint density at radius 2 is 1.81 bits per heavy atom. The van der Waals surface area contributed by atoms with Gasteiger partial charge in [0.05, 0.1) is 16.9 Å². The highest BCUT2D eigenvalue weighted by atomic mass is 35.5. The number of benzene rings is 2. The SMILES string of the molecule is O=C(c1cnn(-c2ccccc2)n1)c1cc(Cl)ccc1Cl. The maximum Gasteiger partial charge on any atom is 0.216 e. The van der Waals surface area contributed by atoms with E-state index >= 15 is 0 Å². The normalized spacial score (nSPS) is 10.6. The van der Waals surface area contributed by atoms with Crippen LogP contribution in [0.1, 0.15) is 16.1 Å². The molecule has 0 atom stereocenters. The molecule has 0 N–H and O–H groups in total. The van der Waals surface area contributed by atoms with Gasteiger partial charge in [-0.15, -0.1) is 5.10 Å². The van der Waals surface area contributed by atoms with Gasteiger partial charge in [0.25, 0.3) is 0 Å². The number of rotatable bonds is 3. The number of ketones is 1. The largest absolute Gasteiger partial charge is 0.287 e. The van der Waals surface area contributed by atoms with E-state index in [2.05, 4.69) is 10.2 Å². The summed E-state index contributed by atoms with van der Waals surface area (Å²) >= 11 is 11.9. The fourth-order valence-corrected chi connectivity index (χ4v) is 2.24. The Kier molecular flexibility index (Phi) is 3.73. The van der Waals surface area contributed by atoms with Crippen LogP contribution in [-0.2, 0) is 0 Å². The van der Waals surface area contributed by atoms with Crippen LogP contribution in [0.2, 0.25) is 10.0 Å². The highest BCUT2D eigenvalue weighted by Crippen LogP contribution is 2.22. The Balaban J connectivity index is 1.96. The predicted octanol–water partition coefficient (Wildman–Crippen LogP) is 3.81. The van der Waals surface area contributed by atoms with Gasteiger partial charge in [0.1, 0.15) is 0 Å². The van der Waals surface area contributed by atoms with E-state index in [4.69, 9.17) is 23.2 Å². The van der Waals surface area contributed by atoms with Crippen molar-refractivity contribution < 1.29 is 4.79 Å². The molecule has 1 aromatic heterocycles. The van der Waals surface area contributed by atoms with Crippen LogP contribution >= 0.6 is 23.2 Å². The Morgan fingerprint density at radius 1 is 1.05 bits per heavy atom. The maximum atomic E-state index is 12.4. The molecule has 0 aliphatic heterocycles. The van der Waals surface area contributed by atoms with E-state index in [1.54, 1.807) is 12.1 Å². The monoisotopic (exact) mass is 317 g/mol. The summed E-state index contributed by atoms with van der Waals surface area (Å²) in [5.41, 5.74) is 1.29. The van der Waals surface area contributed by atoms with E-state index in [0.29, 0.717) is 15.6 Å². The minimum atomic E-state index is -0.315. The van der Waals surface area contributed by atoms with Crippen LogP contribution in [0, 0.1) is 0 Å². The molecule has 21 heavy (non-hydrogen) atoms. The standard InChI is InChI=1S/C15H9Cl2N3O/c16-10-6-7-13(17)12(8-10)15(21)14-9-18-20(19-14)11-4-2-1-3-5-11/h1-9H.